The fourth-order valence-corrected chi connectivity index (χ4v) is 3.03. The summed E-state index contributed by atoms with van der Waals surface area (Å²) in [4.78, 5) is 22.6. The van der Waals surface area contributed by atoms with Crippen molar-refractivity contribution >= 4 is 49.0 Å². The molecule has 0 bridgehead atoms. The first kappa shape index (κ1) is 16.0. The van der Waals surface area contributed by atoms with Gasteiger partial charge in [-0.3, -0.25) is 9.59 Å². The van der Waals surface area contributed by atoms with Crippen LogP contribution in [0.4, 0.5) is 0 Å². The van der Waals surface area contributed by atoms with Crippen molar-refractivity contribution in [2.75, 3.05) is 17.3 Å². The highest BCUT2D eigenvalue weighted by Gasteiger charge is 2.26. The van der Waals surface area contributed by atoms with E-state index in [0.29, 0.717) is 30.1 Å². The first-order chi connectivity index (χ1) is 8.65. The molecule has 0 amide bonds. The second-order valence-electron chi connectivity index (χ2n) is 3.89. The van der Waals surface area contributed by atoms with Crippen LogP contribution in [0.15, 0.2) is 0 Å². The molecule has 0 aliphatic carbocycles. The summed E-state index contributed by atoms with van der Waals surface area (Å²) in [5.41, 5.74) is -0.114. The smallest absolute Gasteiger partial charge is 0.307 e. The maximum atomic E-state index is 11.3. The van der Waals surface area contributed by atoms with Crippen LogP contribution in [0.2, 0.25) is 0 Å². The quantitative estimate of drug-likeness (QED) is 0.580. The molecular formula is C11H18O4S3. The van der Waals surface area contributed by atoms with Gasteiger partial charge in [0.05, 0.1) is 12.8 Å². The van der Waals surface area contributed by atoms with Crippen molar-refractivity contribution in [1.82, 2.24) is 0 Å². The topological polar surface area (TPSA) is 52.6 Å². The standard InChI is InChI=1S/C11H18O4S3/c12-9(3-5-16)14-8-1-2-11(18-7-8)15-10(13)4-6-17/h8,11,16-17H,1-7H2. The molecule has 1 heterocycles. The van der Waals surface area contributed by atoms with Gasteiger partial charge in [-0.15, -0.1) is 11.8 Å². The summed E-state index contributed by atoms with van der Waals surface area (Å²) >= 11 is 9.48. The van der Waals surface area contributed by atoms with Gasteiger partial charge in [0.15, 0.2) is 0 Å². The van der Waals surface area contributed by atoms with E-state index in [1.165, 1.54) is 11.8 Å². The zero-order chi connectivity index (χ0) is 13.4. The Morgan fingerprint density at radius 2 is 1.67 bits per heavy atom. The van der Waals surface area contributed by atoms with Gasteiger partial charge in [0.25, 0.3) is 0 Å². The molecule has 0 radical (unpaired) electrons. The normalized spacial score (nSPS) is 23.4. The Bertz CT molecular complexity index is 249. The Hall–Kier alpha value is -0.0100. The van der Waals surface area contributed by atoms with Crippen molar-refractivity contribution in [1.29, 1.82) is 0 Å². The van der Waals surface area contributed by atoms with Gasteiger partial charge in [0, 0.05) is 17.3 Å². The molecule has 0 aromatic heterocycles. The molecule has 1 rings (SSSR count). The molecular weight excluding hydrogens is 292 g/mol. The van der Waals surface area contributed by atoms with Crippen LogP contribution in [0, 0.1) is 0 Å². The zero-order valence-electron chi connectivity index (χ0n) is 10.0. The molecule has 2 unspecified atom stereocenters. The lowest BCUT2D eigenvalue weighted by Gasteiger charge is -2.27. The number of hydrogen-bond donors (Lipinski definition) is 2. The third kappa shape index (κ3) is 6.24. The molecule has 7 heteroatoms. The second-order valence-corrected chi connectivity index (χ2v) is 5.98. The van der Waals surface area contributed by atoms with Gasteiger partial charge < -0.3 is 9.47 Å². The second kappa shape index (κ2) is 8.98. The van der Waals surface area contributed by atoms with Gasteiger partial charge in [-0.05, 0) is 12.8 Å². The summed E-state index contributed by atoms with van der Waals surface area (Å²) in [5, 5.41) is 0. The van der Waals surface area contributed by atoms with E-state index in [2.05, 4.69) is 25.3 Å². The Morgan fingerprint density at radius 1 is 1.06 bits per heavy atom. The molecule has 18 heavy (non-hydrogen) atoms. The summed E-state index contributed by atoms with van der Waals surface area (Å²) in [7, 11) is 0. The largest absolute Gasteiger partial charge is 0.461 e. The molecule has 1 fully saturated rings. The van der Waals surface area contributed by atoms with Crippen molar-refractivity contribution in [3.63, 3.8) is 0 Å². The Morgan fingerprint density at radius 3 is 2.17 bits per heavy atom. The van der Waals surface area contributed by atoms with Crippen LogP contribution in [0.5, 0.6) is 0 Å². The number of carbonyl (C=O) groups is 2. The molecule has 0 N–H and O–H groups in total. The number of hydrogen-bond acceptors (Lipinski definition) is 7. The fraction of sp³-hybridized carbons (Fsp3) is 0.818. The van der Waals surface area contributed by atoms with Crippen LogP contribution in [-0.4, -0.2) is 40.7 Å². The van der Waals surface area contributed by atoms with Crippen LogP contribution in [0.25, 0.3) is 0 Å². The zero-order valence-corrected chi connectivity index (χ0v) is 12.6. The van der Waals surface area contributed by atoms with Crippen molar-refractivity contribution < 1.29 is 19.1 Å². The number of ether oxygens (including phenoxy) is 2. The number of thioether (sulfide) groups is 1. The molecule has 1 saturated heterocycles. The maximum absolute atomic E-state index is 11.3. The van der Waals surface area contributed by atoms with Crippen LogP contribution in [0.3, 0.4) is 0 Å². The molecule has 1 aliphatic rings. The molecule has 0 aromatic carbocycles. The van der Waals surface area contributed by atoms with Crippen LogP contribution >= 0.6 is 37.0 Å². The van der Waals surface area contributed by atoms with Crippen molar-refractivity contribution in [2.24, 2.45) is 0 Å². The maximum Gasteiger partial charge on any atom is 0.307 e. The molecule has 4 nitrogen and oxygen atoms in total. The van der Waals surface area contributed by atoms with E-state index >= 15 is 0 Å². The first-order valence-corrected chi connectivity index (χ1v) is 8.19. The number of thiol groups is 2. The van der Waals surface area contributed by atoms with E-state index in [1.54, 1.807) is 0 Å². The molecule has 1 aliphatic heterocycles. The summed E-state index contributed by atoms with van der Waals surface area (Å²) in [6.45, 7) is 0. The Labute approximate surface area is 122 Å². The van der Waals surface area contributed by atoms with Crippen LogP contribution in [-0.2, 0) is 19.1 Å². The van der Waals surface area contributed by atoms with Gasteiger partial charge in [0.1, 0.15) is 11.5 Å². The van der Waals surface area contributed by atoms with E-state index in [4.69, 9.17) is 9.47 Å². The van der Waals surface area contributed by atoms with Crippen molar-refractivity contribution in [3.8, 4) is 0 Å². The van der Waals surface area contributed by atoms with E-state index < -0.39 is 0 Å². The fourth-order valence-electron chi connectivity index (χ4n) is 1.52. The average molecular weight is 310 g/mol. The molecule has 0 spiro atoms. The summed E-state index contributed by atoms with van der Waals surface area (Å²) in [6.07, 6.45) is 2.07. The van der Waals surface area contributed by atoms with Crippen molar-refractivity contribution in [2.45, 2.75) is 37.2 Å². The minimum atomic E-state index is -0.215. The lowest BCUT2D eigenvalue weighted by molar-refractivity contribution is -0.150. The highest BCUT2D eigenvalue weighted by Crippen LogP contribution is 2.28. The first-order valence-electron chi connectivity index (χ1n) is 5.88. The van der Waals surface area contributed by atoms with Crippen molar-refractivity contribution in [3.05, 3.63) is 0 Å². The SMILES string of the molecule is O=C(CCS)OC1CCC(OC(=O)CCS)SC1. The molecule has 104 valence electrons. The third-order valence-corrected chi connectivity index (χ3v) is 4.10. The van der Waals surface area contributed by atoms with Gasteiger partial charge >= 0.3 is 11.9 Å². The summed E-state index contributed by atoms with van der Waals surface area (Å²) in [5.74, 6) is 1.26. The van der Waals surface area contributed by atoms with Gasteiger partial charge in [0.2, 0.25) is 0 Å². The number of carbonyl (C=O) groups excluding carboxylic acids is 2. The monoisotopic (exact) mass is 310 g/mol. The van der Waals surface area contributed by atoms with E-state index in [-0.39, 0.29) is 23.5 Å². The highest BCUT2D eigenvalue weighted by atomic mass is 32.2. The molecule has 0 aromatic rings. The number of rotatable bonds is 6. The molecule has 2 atom stereocenters. The summed E-state index contributed by atoms with van der Waals surface area (Å²) < 4.78 is 10.5. The van der Waals surface area contributed by atoms with Crippen LogP contribution in [0.1, 0.15) is 25.7 Å². The summed E-state index contributed by atoms with van der Waals surface area (Å²) in [6, 6.07) is 0. The lowest BCUT2D eigenvalue weighted by Crippen LogP contribution is -2.29. The van der Waals surface area contributed by atoms with Crippen LogP contribution < -0.4 is 0 Å². The third-order valence-electron chi connectivity index (χ3n) is 2.39. The van der Waals surface area contributed by atoms with Gasteiger partial charge in [-0.25, -0.2) is 0 Å². The Balaban J connectivity index is 2.20. The van der Waals surface area contributed by atoms with E-state index in [0.717, 1.165) is 12.8 Å². The van der Waals surface area contributed by atoms with Gasteiger partial charge in [-0.1, -0.05) is 0 Å². The highest BCUT2D eigenvalue weighted by molar-refractivity contribution is 7.99. The predicted molar refractivity (Wildman–Crippen MR) is 78.4 cm³/mol. The minimum Gasteiger partial charge on any atom is -0.461 e. The molecule has 0 saturated carbocycles. The number of esters is 2. The predicted octanol–water partition coefficient (Wildman–Crippen LogP) is 1.93. The Kier molecular flexibility index (Phi) is 8.01. The minimum absolute atomic E-state index is 0.0674. The van der Waals surface area contributed by atoms with E-state index in [9.17, 15) is 9.59 Å². The van der Waals surface area contributed by atoms with Gasteiger partial charge in [-0.2, -0.15) is 25.3 Å². The van der Waals surface area contributed by atoms with E-state index in [1.807, 2.05) is 0 Å². The lowest BCUT2D eigenvalue weighted by atomic mass is 10.2. The average Bonchev–Trinajstić information content (AvgIpc) is 2.32.